The van der Waals surface area contributed by atoms with E-state index in [1.807, 2.05) is 48.7 Å². The van der Waals surface area contributed by atoms with Gasteiger partial charge < -0.3 is 10.3 Å². The van der Waals surface area contributed by atoms with Crippen LogP contribution in [0.5, 0.6) is 0 Å². The molecule has 0 aliphatic rings. The molecule has 0 bridgehead atoms. The van der Waals surface area contributed by atoms with Gasteiger partial charge in [0, 0.05) is 30.7 Å². The third-order valence-electron chi connectivity index (χ3n) is 3.50. The molecule has 0 radical (unpaired) electrons. The van der Waals surface area contributed by atoms with E-state index in [4.69, 9.17) is 0 Å². The first-order valence-corrected chi connectivity index (χ1v) is 7.04. The second-order valence-electron chi connectivity index (χ2n) is 4.98. The van der Waals surface area contributed by atoms with Crippen LogP contribution in [0.15, 0.2) is 54.9 Å². The van der Waals surface area contributed by atoms with E-state index in [1.54, 1.807) is 6.20 Å². The smallest absolute Gasteiger partial charge is 0.220 e. The molecule has 0 aliphatic carbocycles. The lowest BCUT2D eigenvalue weighted by Crippen LogP contribution is -2.22. The SMILES string of the molecule is O=C(CCc1ccccc1)NCc1c[nH]c2ncccc12. The maximum absolute atomic E-state index is 11.9. The summed E-state index contributed by atoms with van der Waals surface area (Å²) in [7, 11) is 0. The third-order valence-corrected chi connectivity index (χ3v) is 3.50. The molecule has 0 saturated heterocycles. The Hall–Kier alpha value is -2.62. The zero-order chi connectivity index (χ0) is 14.5. The summed E-state index contributed by atoms with van der Waals surface area (Å²) in [4.78, 5) is 19.3. The fraction of sp³-hybridized carbons (Fsp3) is 0.176. The molecule has 1 aromatic carbocycles. The van der Waals surface area contributed by atoms with Crippen LogP contribution < -0.4 is 5.32 Å². The summed E-state index contributed by atoms with van der Waals surface area (Å²) >= 11 is 0. The number of nitrogens with zero attached hydrogens (tertiary/aromatic N) is 1. The number of aromatic amines is 1. The van der Waals surface area contributed by atoms with Gasteiger partial charge in [0.25, 0.3) is 0 Å². The Bertz CT molecular complexity index is 734. The van der Waals surface area contributed by atoms with E-state index in [1.165, 1.54) is 5.56 Å². The van der Waals surface area contributed by atoms with Crippen LogP contribution in [-0.2, 0) is 17.8 Å². The summed E-state index contributed by atoms with van der Waals surface area (Å²) in [6.07, 6.45) is 4.92. The van der Waals surface area contributed by atoms with Crippen LogP contribution in [0.25, 0.3) is 11.0 Å². The Labute approximate surface area is 123 Å². The highest BCUT2D eigenvalue weighted by Crippen LogP contribution is 2.15. The minimum absolute atomic E-state index is 0.0668. The van der Waals surface area contributed by atoms with Crippen molar-refractivity contribution in [1.29, 1.82) is 0 Å². The standard InChI is InChI=1S/C17H17N3O/c21-16(9-8-13-5-2-1-3-6-13)19-11-14-12-20-17-15(14)7-4-10-18-17/h1-7,10,12H,8-9,11H2,(H,18,20)(H,19,21). The summed E-state index contributed by atoms with van der Waals surface area (Å²) in [6.45, 7) is 0.527. The fourth-order valence-corrected chi connectivity index (χ4v) is 2.34. The van der Waals surface area contributed by atoms with Crippen molar-refractivity contribution in [1.82, 2.24) is 15.3 Å². The molecule has 0 fully saturated rings. The van der Waals surface area contributed by atoms with E-state index in [-0.39, 0.29) is 5.91 Å². The average molecular weight is 279 g/mol. The topological polar surface area (TPSA) is 57.8 Å². The highest BCUT2D eigenvalue weighted by atomic mass is 16.1. The molecule has 3 aromatic rings. The number of amides is 1. The van der Waals surface area contributed by atoms with E-state index in [0.29, 0.717) is 13.0 Å². The van der Waals surface area contributed by atoms with Crippen LogP contribution in [0.3, 0.4) is 0 Å². The molecule has 0 spiro atoms. The van der Waals surface area contributed by atoms with Crippen LogP contribution in [0, 0.1) is 0 Å². The quantitative estimate of drug-likeness (QED) is 0.754. The zero-order valence-electron chi connectivity index (χ0n) is 11.7. The number of rotatable bonds is 5. The van der Waals surface area contributed by atoms with Crippen molar-refractivity contribution in [2.24, 2.45) is 0 Å². The van der Waals surface area contributed by atoms with Crippen LogP contribution >= 0.6 is 0 Å². The summed E-state index contributed by atoms with van der Waals surface area (Å²) in [6, 6.07) is 13.9. The van der Waals surface area contributed by atoms with Gasteiger partial charge in [-0.1, -0.05) is 30.3 Å². The molecular weight excluding hydrogens is 262 g/mol. The summed E-state index contributed by atoms with van der Waals surface area (Å²) < 4.78 is 0. The van der Waals surface area contributed by atoms with Gasteiger partial charge in [-0.25, -0.2) is 4.98 Å². The lowest BCUT2D eigenvalue weighted by atomic mass is 10.1. The number of aryl methyl sites for hydroxylation is 1. The number of benzene rings is 1. The van der Waals surface area contributed by atoms with E-state index < -0.39 is 0 Å². The van der Waals surface area contributed by atoms with E-state index in [2.05, 4.69) is 15.3 Å². The highest BCUT2D eigenvalue weighted by Gasteiger charge is 2.06. The predicted octanol–water partition coefficient (Wildman–Crippen LogP) is 2.81. The van der Waals surface area contributed by atoms with Gasteiger partial charge in [0.05, 0.1) is 0 Å². The normalized spacial score (nSPS) is 10.7. The van der Waals surface area contributed by atoms with Crippen molar-refractivity contribution in [2.75, 3.05) is 0 Å². The van der Waals surface area contributed by atoms with Crippen LogP contribution in [0.1, 0.15) is 17.5 Å². The monoisotopic (exact) mass is 279 g/mol. The number of pyridine rings is 1. The van der Waals surface area contributed by atoms with Gasteiger partial charge in [0.1, 0.15) is 5.65 Å². The van der Waals surface area contributed by atoms with Crippen molar-refractivity contribution < 1.29 is 4.79 Å². The van der Waals surface area contributed by atoms with Crippen molar-refractivity contribution in [3.05, 3.63) is 66.0 Å². The molecule has 1 amide bonds. The summed E-state index contributed by atoms with van der Waals surface area (Å²) in [5, 5.41) is 4.02. The Morgan fingerprint density at radius 2 is 2.00 bits per heavy atom. The molecule has 2 aromatic heterocycles. The predicted molar refractivity (Wildman–Crippen MR) is 82.7 cm³/mol. The summed E-state index contributed by atoms with van der Waals surface area (Å²) in [5.74, 6) is 0.0668. The van der Waals surface area contributed by atoms with Gasteiger partial charge >= 0.3 is 0 Å². The van der Waals surface area contributed by atoms with Crippen LogP contribution in [0.2, 0.25) is 0 Å². The minimum Gasteiger partial charge on any atom is -0.352 e. The number of carbonyl (C=O) groups excluding carboxylic acids is 1. The van der Waals surface area contributed by atoms with Crippen molar-refractivity contribution >= 4 is 16.9 Å². The van der Waals surface area contributed by atoms with Gasteiger partial charge in [-0.05, 0) is 29.7 Å². The molecule has 106 valence electrons. The second-order valence-corrected chi connectivity index (χ2v) is 4.98. The third kappa shape index (κ3) is 3.28. The van der Waals surface area contributed by atoms with Gasteiger partial charge in [0.15, 0.2) is 0 Å². The van der Waals surface area contributed by atoms with Gasteiger partial charge in [-0.3, -0.25) is 4.79 Å². The Balaban J connectivity index is 1.54. The largest absolute Gasteiger partial charge is 0.352 e. The van der Waals surface area contributed by atoms with Crippen LogP contribution in [0.4, 0.5) is 0 Å². The summed E-state index contributed by atoms with van der Waals surface area (Å²) in [5.41, 5.74) is 3.10. The second kappa shape index (κ2) is 6.22. The average Bonchev–Trinajstić information content (AvgIpc) is 2.95. The Morgan fingerprint density at radius 3 is 2.86 bits per heavy atom. The first kappa shape index (κ1) is 13.4. The number of hydrogen-bond donors (Lipinski definition) is 2. The number of hydrogen-bond acceptors (Lipinski definition) is 2. The molecule has 0 saturated carbocycles. The maximum atomic E-state index is 11.9. The number of carbonyl (C=O) groups is 1. The zero-order valence-corrected chi connectivity index (χ0v) is 11.7. The van der Waals surface area contributed by atoms with Crippen molar-refractivity contribution in [2.45, 2.75) is 19.4 Å². The molecule has 0 aliphatic heterocycles. The van der Waals surface area contributed by atoms with Gasteiger partial charge in [-0.15, -0.1) is 0 Å². The molecule has 0 atom stereocenters. The minimum atomic E-state index is 0.0668. The Morgan fingerprint density at radius 1 is 1.14 bits per heavy atom. The first-order valence-electron chi connectivity index (χ1n) is 7.04. The fourth-order valence-electron chi connectivity index (χ4n) is 2.34. The number of fused-ring (bicyclic) bond motifs is 1. The lowest BCUT2D eigenvalue weighted by Gasteiger charge is -2.04. The van der Waals surface area contributed by atoms with E-state index >= 15 is 0 Å². The lowest BCUT2D eigenvalue weighted by molar-refractivity contribution is -0.121. The molecular formula is C17H17N3O. The Kier molecular flexibility index (Phi) is 3.96. The first-order chi connectivity index (χ1) is 10.3. The molecule has 4 nitrogen and oxygen atoms in total. The van der Waals surface area contributed by atoms with Crippen molar-refractivity contribution in [3.63, 3.8) is 0 Å². The maximum Gasteiger partial charge on any atom is 0.220 e. The van der Waals surface area contributed by atoms with Crippen molar-refractivity contribution in [3.8, 4) is 0 Å². The van der Waals surface area contributed by atoms with E-state index in [0.717, 1.165) is 23.0 Å². The molecule has 4 heteroatoms. The van der Waals surface area contributed by atoms with Gasteiger partial charge in [-0.2, -0.15) is 0 Å². The molecule has 2 heterocycles. The van der Waals surface area contributed by atoms with Gasteiger partial charge in [0.2, 0.25) is 5.91 Å². The molecule has 3 rings (SSSR count). The number of aromatic nitrogens is 2. The molecule has 2 N–H and O–H groups in total. The van der Waals surface area contributed by atoms with Crippen LogP contribution in [-0.4, -0.2) is 15.9 Å². The number of H-pyrrole nitrogens is 1. The van der Waals surface area contributed by atoms with E-state index in [9.17, 15) is 4.79 Å². The number of nitrogens with one attached hydrogen (secondary N) is 2. The molecule has 0 unspecified atom stereocenters. The molecule has 21 heavy (non-hydrogen) atoms. The highest BCUT2D eigenvalue weighted by molar-refractivity contribution is 5.81.